The first-order chi connectivity index (χ1) is 10.1. The van der Waals surface area contributed by atoms with Gasteiger partial charge in [0.05, 0.1) is 10.7 Å². The highest BCUT2D eigenvalue weighted by Crippen LogP contribution is 2.20. The zero-order valence-electron chi connectivity index (χ0n) is 10.7. The van der Waals surface area contributed by atoms with E-state index in [0.717, 1.165) is 0 Å². The molecular weight excluding hydrogens is 309 g/mol. The summed E-state index contributed by atoms with van der Waals surface area (Å²) in [6.07, 6.45) is 0. The third-order valence-electron chi connectivity index (χ3n) is 2.59. The number of nitriles is 1. The maximum absolute atomic E-state index is 12.1. The molecule has 0 bridgehead atoms. The van der Waals surface area contributed by atoms with Crippen LogP contribution in [-0.2, 0) is 0 Å². The normalized spacial score (nSPS) is 10.8. The van der Waals surface area contributed by atoms with Crippen LogP contribution in [0.1, 0.15) is 10.4 Å². The number of hydrogen-bond donors (Lipinski definition) is 1. The van der Waals surface area contributed by atoms with Gasteiger partial charge in [0, 0.05) is 10.6 Å². The number of hydrazone groups is 1. The summed E-state index contributed by atoms with van der Waals surface area (Å²) < 4.78 is 0. The number of hydrogen-bond acceptors (Lipinski definition) is 4. The van der Waals surface area contributed by atoms with E-state index >= 15 is 0 Å². The Morgan fingerprint density at radius 2 is 1.76 bits per heavy atom. The van der Waals surface area contributed by atoms with E-state index in [1.165, 1.54) is 12.1 Å². The van der Waals surface area contributed by atoms with Crippen LogP contribution in [0.3, 0.4) is 0 Å². The predicted molar refractivity (Wildman–Crippen MR) is 83.9 cm³/mol. The lowest BCUT2D eigenvalue weighted by Gasteiger charge is -2.03. The molecule has 2 aromatic rings. The lowest BCUT2D eigenvalue weighted by molar-refractivity contribution is 0.106. The number of carbonyl (C=O) groups is 1. The van der Waals surface area contributed by atoms with Crippen molar-refractivity contribution in [1.82, 2.24) is 0 Å². The van der Waals surface area contributed by atoms with Gasteiger partial charge < -0.3 is 0 Å². The molecule has 2 rings (SSSR count). The maximum Gasteiger partial charge on any atom is 0.223 e. The first-order valence-corrected chi connectivity index (χ1v) is 6.66. The second-order valence-corrected chi connectivity index (χ2v) is 4.84. The number of nitrogens with zero attached hydrogens (tertiary/aromatic N) is 2. The van der Waals surface area contributed by atoms with Crippen molar-refractivity contribution < 1.29 is 4.79 Å². The number of rotatable bonds is 4. The Labute approximate surface area is 131 Å². The second-order valence-electron chi connectivity index (χ2n) is 4.00. The number of anilines is 1. The summed E-state index contributed by atoms with van der Waals surface area (Å²) in [5.74, 6) is -0.492. The Kier molecular flexibility index (Phi) is 4.94. The Balaban J connectivity index is 2.21. The third kappa shape index (κ3) is 3.82. The molecule has 4 nitrogen and oxygen atoms in total. The fourth-order valence-electron chi connectivity index (χ4n) is 1.53. The molecule has 0 aliphatic carbocycles. The van der Waals surface area contributed by atoms with Crippen molar-refractivity contribution in [3.63, 3.8) is 0 Å². The highest BCUT2D eigenvalue weighted by atomic mass is 35.5. The lowest BCUT2D eigenvalue weighted by Crippen LogP contribution is -2.14. The fraction of sp³-hybridized carbons (Fsp3) is 0. The Hall–Kier alpha value is -2.35. The van der Waals surface area contributed by atoms with Crippen molar-refractivity contribution in [2.24, 2.45) is 5.10 Å². The number of Topliss-reactive ketones (excluding diaryl/α,β-unsaturated/α-hetero) is 1. The van der Waals surface area contributed by atoms with Crippen LogP contribution in [0.25, 0.3) is 0 Å². The zero-order valence-corrected chi connectivity index (χ0v) is 12.2. The van der Waals surface area contributed by atoms with E-state index < -0.39 is 5.78 Å². The topological polar surface area (TPSA) is 65.2 Å². The summed E-state index contributed by atoms with van der Waals surface area (Å²) in [7, 11) is 0. The molecule has 0 saturated carbocycles. The predicted octanol–water partition coefficient (Wildman–Crippen LogP) is 4.17. The summed E-state index contributed by atoms with van der Waals surface area (Å²) in [5.41, 5.74) is 3.19. The molecule has 0 unspecified atom stereocenters. The molecule has 0 heterocycles. The minimum absolute atomic E-state index is 0.266. The van der Waals surface area contributed by atoms with Gasteiger partial charge in [-0.05, 0) is 36.4 Å². The van der Waals surface area contributed by atoms with E-state index in [-0.39, 0.29) is 5.71 Å². The van der Waals surface area contributed by atoms with E-state index in [4.69, 9.17) is 28.5 Å². The monoisotopic (exact) mass is 317 g/mol. The highest BCUT2D eigenvalue weighted by Gasteiger charge is 2.14. The molecule has 2 aromatic carbocycles. The molecule has 1 N–H and O–H groups in total. The SMILES string of the molecule is N#CC(=NNc1ccccc1Cl)C(=O)c1ccc(Cl)cc1. The minimum Gasteiger partial charge on any atom is -0.286 e. The van der Waals surface area contributed by atoms with E-state index in [1.54, 1.807) is 42.5 Å². The van der Waals surface area contributed by atoms with Crippen LogP contribution in [0.2, 0.25) is 10.0 Å². The van der Waals surface area contributed by atoms with Crippen molar-refractivity contribution in [2.75, 3.05) is 5.43 Å². The zero-order chi connectivity index (χ0) is 15.2. The fourth-order valence-corrected chi connectivity index (χ4v) is 1.84. The summed E-state index contributed by atoms with van der Waals surface area (Å²) in [5, 5.41) is 13.8. The van der Waals surface area contributed by atoms with Gasteiger partial charge in [-0.25, -0.2) is 0 Å². The van der Waals surface area contributed by atoms with E-state index in [2.05, 4.69) is 10.5 Å². The standard InChI is InChI=1S/C15H9Cl2N3O/c16-11-7-5-10(6-8-11)15(21)14(9-18)20-19-13-4-2-1-3-12(13)17/h1-8,19H. The van der Waals surface area contributed by atoms with Gasteiger partial charge in [-0.2, -0.15) is 10.4 Å². The van der Waals surface area contributed by atoms with Crippen LogP contribution < -0.4 is 5.43 Å². The number of nitrogens with one attached hydrogen (secondary N) is 1. The van der Waals surface area contributed by atoms with Gasteiger partial charge in [0.2, 0.25) is 11.5 Å². The lowest BCUT2D eigenvalue weighted by atomic mass is 10.1. The van der Waals surface area contributed by atoms with Crippen molar-refractivity contribution in [3.05, 3.63) is 64.1 Å². The maximum atomic E-state index is 12.1. The smallest absolute Gasteiger partial charge is 0.223 e. The Morgan fingerprint density at radius 3 is 2.38 bits per heavy atom. The number of carbonyl (C=O) groups excluding carboxylic acids is 1. The van der Waals surface area contributed by atoms with Crippen molar-refractivity contribution in [2.45, 2.75) is 0 Å². The molecule has 0 radical (unpaired) electrons. The molecular formula is C15H9Cl2N3O. The average molecular weight is 318 g/mol. The molecule has 0 atom stereocenters. The van der Waals surface area contributed by atoms with Gasteiger partial charge in [-0.1, -0.05) is 35.3 Å². The van der Waals surface area contributed by atoms with Gasteiger partial charge >= 0.3 is 0 Å². The van der Waals surface area contributed by atoms with Gasteiger partial charge in [0.25, 0.3) is 0 Å². The van der Waals surface area contributed by atoms with Gasteiger partial charge in [-0.3, -0.25) is 10.2 Å². The third-order valence-corrected chi connectivity index (χ3v) is 3.17. The first-order valence-electron chi connectivity index (χ1n) is 5.90. The van der Waals surface area contributed by atoms with Crippen LogP contribution in [0, 0.1) is 11.3 Å². The largest absolute Gasteiger partial charge is 0.286 e. The van der Waals surface area contributed by atoms with Crippen LogP contribution in [0.15, 0.2) is 53.6 Å². The number of benzene rings is 2. The number of halogens is 2. The molecule has 0 saturated heterocycles. The molecule has 0 amide bonds. The van der Waals surface area contributed by atoms with Crippen molar-refractivity contribution >= 4 is 40.4 Å². The van der Waals surface area contributed by atoms with Crippen molar-refractivity contribution in [3.8, 4) is 6.07 Å². The van der Waals surface area contributed by atoms with Crippen LogP contribution in [-0.4, -0.2) is 11.5 Å². The second kappa shape index (κ2) is 6.89. The van der Waals surface area contributed by atoms with Crippen LogP contribution >= 0.6 is 23.2 Å². The molecule has 6 heteroatoms. The molecule has 0 fully saturated rings. The van der Waals surface area contributed by atoms with Crippen LogP contribution in [0.4, 0.5) is 5.69 Å². The van der Waals surface area contributed by atoms with Crippen LogP contribution in [0.5, 0.6) is 0 Å². The Bertz CT molecular complexity index is 733. The molecule has 0 spiro atoms. The summed E-state index contributed by atoms with van der Waals surface area (Å²) >= 11 is 11.7. The van der Waals surface area contributed by atoms with Gasteiger partial charge in [-0.15, -0.1) is 0 Å². The van der Waals surface area contributed by atoms with Crippen molar-refractivity contribution in [1.29, 1.82) is 5.26 Å². The summed E-state index contributed by atoms with van der Waals surface area (Å²) in [6.45, 7) is 0. The van der Waals surface area contributed by atoms with E-state index in [1.807, 2.05) is 0 Å². The molecule has 0 aliphatic rings. The Morgan fingerprint density at radius 1 is 1.10 bits per heavy atom. The quantitative estimate of drug-likeness (QED) is 0.523. The van der Waals surface area contributed by atoms with Gasteiger partial charge in [0.15, 0.2) is 0 Å². The molecule has 21 heavy (non-hydrogen) atoms. The first kappa shape index (κ1) is 15.0. The van der Waals surface area contributed by atoms with Gasteiger partial charge in [0.1, 0.15) is 6.07 Å². The average Bonchev–Trinajstić information content (AvgIpc) is 2.50. The number of ketones is 1. The van der Waals surface area contributed by atoms with E-state index in [9.17, 15) is 4.79 Å². The molecule has 0 aliphatic heterocycles. The summed E-state index contributed by atoms with van der Waals surface area (Å²) in [4.78, 5) is 12.1. The van der Waals surface area contributed by atoms with E-state index in [0.29, 0.717) is 21.3 Å². The molecule has 104 valence electrons. The molecule has 0 aromatic heterocycles. The number of para-hydroxylation sites is 1. The summed E-state index contributed by atoms with van der Waals surface area (Å²) in [6, 6.07) is 14.9. The highest BCUT2D eigenvalue weighted by molar-refractivity contribution is 6.51. The minimum atomic E-state index is -0.492.